The number of carbonyl (C=O) groups is 2. The number of ketones is 1. The Morgan fingerprint density at radius 2 is 1.59 bits per heavy atom. The molecule has 4 heteroatoms. The van der Waals surface area contributed by atoms with Gasteiger partial charge < -0.3 is 9.47 Å². The van der Waals surface area contributed by atoms with Gasteiger partial charge in [-0.2, -0.15) is 0 Å². The second-order valence-corrected chi connectivity index (χ2v) is 6.78. The van der Waals surface area contributed by atoms with Gasteiger partial charge >= 0.3 is 5.97 Å². The molecule has 0 bridgehead atoms. The van der Waals surface area contributed by atoms with E-state index in [9.17, 15) is 9.59 Å². The molecular formula is C23H24O4. The summed E-state index contributed by atoms with van der Waals surface area (Å²) in [5.41, 5.74) is 0.396. The van der Waals surface area contributed by atoms with Crippen molar-refractivity contribution in [3.05, 3.63) is 71.8 Å². The Kier molecular flexibility index (Phi) is 6.07. The molecule has 1 aliphatic carbocycles. The second kappa shape index (κ2) is 8.67. The second-order valence-electron chi connectivity index (χ2n) is 6.78. The monoisotopic (exact) mass is 364 g/mol. The van der Waals surface area contributed by atoms with Crippen LogP contribution in [-0.4, -0.2) is 24.5 Å². The van der Waals surface area contributed by atoms with E-state index in [0.29, 0.717) is 18.4 Å². The van der Waals surface area contributed by atoms with Gasteiger partial charge in [-0.05, 0) is 49.5 Å². The Morgan fingerprint density at radius 1 is 0.926 bits per heavy atom. The first-order valence-electron chi connectivity index (χ1n) is 9.28. The number of carbonyl (C=O) groups excluding carboxylic acids is 2. The molecule has 2 aromatic rings. The van der Waals surface area contributed by atoms with Gasteiger partial charge in [0, 0.05) is 11.6 Å². The van der Waals surface area contributed by atoms with Crippen LogP contribution >= 0.6 is 0 Å². The largest absolute Gasteiger partial charge is 0.497 e. The summed E-state index contributed by atoms with van der Waals surface area (Å²) in [6, 6.07) is 16.4. The highest BCUT2D eigenvalue weighted by Gasteiger charge is 2.43. The van der Waals surface area contributed by atoms with Crippen LogP contribution in [0.4, 0.5) is 0 Å². The van der Waals surface area contributed by atoms with Gasteiger partial charge in [-0.3, -0.25) is 4.79 Å². The predicted molar refractivity (Wildman–Crippen MR) is 105 cm³/mol. The topological polar surface area (TPSA) is 52.6 Å². The van der Waals surface area contributed by atoms with Crippen molar-refractivity contribution in [2.24, 2.45) is 0 Å². The highest BCUT2D eigenvalue weighted by Crippen LogP contribution is 2.35. The van der Waals surface area contributed by atoms with Crippen molar-refractivity contribution in [1.82, 2.24) is 0 Å². The number of ether oxygens (including phenoxy) is 2. The summed E-state index contributed by atoms with van der Waals surface area (Å²) in [4.78, 5) is 25.5. The summed E-state index contributed by atoms with van der Waals surface area (Å²) >= 11 is 0. The minimum atomic E-state index is -1.05. The van der Waals surface area contributed by atoms with Crippen LogP contribution in [0.15, 0.2) is 60.7 Å². The Balaban J connectivity index is 1.74. The molecule has 0 saturated heterocycles. The average Bonchev–Trinajstić information content (AvgIpc) is 2.73. The fraction of sp³-hybridized carbons (Fsp3) is 0.304. The van der Waals surface area contributed by atoms with Crippen molar-refractivity contribution in [2.75, 3.05) is 7.11 Å². The summed E-state index contributed by atoms with van der Waals surface area (Å²) in [5, 5.41) is 0. The third kappa shape index (κ3) is 4.64. The van der Waals surface area contributed by atoms with Gasteiger partial charge in [0.05, 0.1) is 7.11 Å². The molecule has 1 aliphatic rings. The number of Topliss-reactive ketones (excluding diaryl/α,β-unsaturated/α-hetero) is 1. The van der Waals surface area contributed by atoms with Crippen LogP contribution in [-0.2, 0) is 9.53 Å². The third-order valence-electron chi connectivity index (χ3n) is 4.93. The number of rotatable bonds is 6. The van der Waals surface area contributed by atoms with Gasteiger partial charge in [-0.1, -0.05) is 48.9 Å². The van der Waals surface area contributed by atoms with E-state index in [4.69, 9.17) is 9.47 Å². The van der Waals surface area contributed by atoms with E-state index in [1.165, 1.54) is 6.08 Å². The molecule has 0 radical (unpaired) electrons. The molecule has 0 aliphatic heterocycles. The summed E-state index contributed by atoms with van der Waals surface area (Å²) in [7, 11) is 1.61. The van der Waals surface area contributed by atoms with E-state index >= 15 is 0 Å². The lowest BCUT2D eigenvalue weighted by molar-refractivity contribution is -0.151. The minimum absolute atomic E-state index is 0.103. The first kappa shape index (κ1) is 18.9. The van der Waals surface area contributed by atoms with Crippen LogP contribution in [0.5, 0.6) is 5.75 Å². The zero-order chi connectivity index (χ0) is 19.1. The van der Waals surface area contributed by atoms with E-state index in [-0.39, 0.29) is 5.78 Å². The lowest BCUT2D eigenvalue weighted by Gasteiger charge is -2.35. The summed E-state index contributed by atoms with van der Waals surface area (Å²) in [6.45, 7) is 0. The molecule has 0 amide bonds. The summed E-state index contributed by atoms with van der Waals surface area (Å²) in [5.74, 6) is 0.162. The fourth-order valence-electron chi connectivity index (χ4n) is 3.46. The van der Waals surface area contributed by atoms with Crippen LogP contribution < -0.4 is 4.74 Å². The highest BCUT2D eigenvalue weighted by molar-refractivity contribution is 6.04. The maximum atomic E-state index is 13.1. The standard InChI is InChI=1S/C23H24O4/c1-26-20-13-10-18(11-14-20)12-15-21(24)27-23(16-6-3-7-17-23)22(25)19-8-4-2-5-9-19/h2,4-5,8-15H,3,6-7,16-17H2,1H3/b15-12+. The summed E-state index contributed by atoms with van der Waals surface area (Å²) < 4.78 is 10.9. The van der Waals surface area contributed by atoms with E-state index in [1.54, 1.807) is 25.3 Å². The minimum Gasteiger partial charge on any atom is -0.497 e. The quantitative estimate of drug-likeness (QED) is 0.418. The third-order valence-corrected chi connectivity index (χ3v) is 4.93. The highest BCUT2D eigenvalue weighted by atomic mass is 16.6. The van der Waals surface area contributed by atoms with Crippen molar-refractivity contribution in [3.63, 3.8) is 0 Å². The number of hydrogen-bond donors (Lipinski definition) is 0. The zero-order valence-electron chi connectivity index (χ0n) is 15.5. The molecule has 2 aromatic carbocycles. The lowest BCUT2D eigenvalue weighted by Crippen LogP contribution is -2.44. The molecule has 1 saturated carbocycles. The molecular weight excluding hydrogens is 340 g/mol. The number of esters is 1. The SMILES string of the molecule is COc1ccc(/C=C/C(=O)OC2(C(=O)c3ccccc3)CCCCC2)cc1. The molecule has 0 spiro atoms. The smallest absolute Gasteiger partial charge is 0.331 e. The van der Waals surface area contributed by atoms with Gasteiger partial charge in [0.2, 0.25) is 5.78 Å². The van der Waals surface area contributed by atoms with E-state index in [2.05, 4.69) is 0 Å². The van der Waals surface area contributed by atoms with Crippen molar-refractivity contribution in [1.29, 1.82) is 0 Å². The fourth-order valence-corrected chi connectivity index (χ4v) is 3.46. The Bertz CT molecular complexity index is 800. The summed E-state index contributed by atoms with van der Waals surface area (Å²) in [6.07, 6.45) is 7.04. The van der Waals surface area contributed by atoms with Crippen LogP contribution in [0.1, 0.15) is 48.0 Å². The van der Waals surface area contributed by atoms with Gasteiger partial charge in [0.25, 0.3) is 0 Å². The van der Waals surface area contributed by atoms with Crippen molar-refractivity contribution in [2.45, 2.75) is 37.7 Å². The van der Waals surface area contributed by atoms with E-state index in [0.717, 1.165) is 30.6 Å². The van der Waals surface area contributed by atoms with Crippen molar-refractivity contribution >= 4 is 17.8 Å². The predicted octanol–water partition coefficient (Wildman–Crippen LogP) is 4.84. The van der Waals surface area contributed by atoms with Crippen molar-refractivity contribution < 1.29 is 19.1 Å². The molecule has 0 aromatic heterocycles. The Labute approximate surface area is 159 Å². The van der Waals surface area contributed by atoms with Crippen LogP contribution in [0.2, 0.25) is 0 Å². The zero-order valence-corrected chi connectivity index (χ0v) is 15.5. The van der Waals surface area contributed by atoms with Gasteiger partial charge in [-0.25, -0.2) is 4.79 Å². The normalized spacial score (nSPS) is 16.0. The van der Waals surface area contributed by atoms with Crippen LogP contribution in [0.25, 0.3) is 6.08 Å². The number of methoxy groups -OCH3 is 1. The maximum absolute atomic E-state index is 13.1. The molecule has 0 heterocycles. The maximum Gasteiger partial charge on any atom is 0.331 e. The molecule has 140 valence electrons. The molecule has 27 heavy (non-hydrogen) atoms. The van der Waals surface area contributed by atoms with Crippen LogP contribution in [0.3, 0.4) is 0 Å². The lowest BCUT2D eigenvalue weighted by atomic mass is 9.79. The number of benzene rings is 2. The van der Waals surface area contributed by atoms with E-state index in [1.807, 2.05) is 42.5 Å². The molecule has 0 N–H and O–H groups in total. The molecule has 0 unspecified atom stereocenters. The Morgan fingerprint density at radius 3 is 2.22 bits per heavy atom. The molecule has 4 nitrogen and oxygen atoms in total. The molecule has 3 rings (SSSR count). The average molecular weight is 364 g/mol. The first-order chi connectivity index (χ1) is 13.1. The number of hydrogen-bond acceptors (Lipinski definition) is 4. The first-order valence-corrected chi connectivity index (χ1v) is 9.28. The van der Waals surface area contributed by atoms with Crippen LogP contribution in [0, 0.1) is 0 Å². The Hall–Kier alpha value is -2.88. The molecule has 1 fully saturated rings. The van der Waals surface area contributed by atoms with Gasteiger partial charge in [0.15, 0.2) is 5.60 Å². The van der Waals surface area contributed by atoms with E-state index < -0.39 is 11.6 Å². The van der Waals surface area contributed by atoms with Crippen molar-refractivity contribution in [3.8, 4) is 5.75 Å². The molecule has 0 atom stereocenters. The van der Waals surface area contributed by atoms with Gasteiger partial charge in [-0.15, -0.1) is 0 Å². The van der Waals surface area contributed by atoms with Gasteiger partial charge in [0.1, 0.15) is 5.75 Å².